The average molecular weight is 320 g/mol. The van der Waals surface area contributed by atoms with Gasteiger partial charge in [-0.1, -0.05) is 18.2 Å². The van der Waals surface area contributed by atoms with Gasteiger partial charge in [0, 0.05) is 24.3 Å². The fourth-order valence-electron chi connectivity index (χ4n) is 3.15. The minimum absolute atomic E-state index is 0.128. The normalized spacial score (nSPS) is 23.9. The third kappa shape index (κ3) is 3.76. The molecule has 2 heterocycles. The van der Waals surface area contributed by atoms with E-state index in [1.165, 1.54) is 17.7 Å². The predicted molar refractivity (Wildman–Crippen MR) is 90.7 cm³/mol. The van der Waals surface area contributed by atoms with E-state index in [4.69, 9.17) is 4.74 Å². The van der Waals surface area contributed by atoms with Crippen LogP contribution in [0.5, 0.6) is 5.75 Å². The Labute approximate surface area is 136 Å². The molecule has 3 rings (SSSR count). The minimum atomic E-state index is 0.128. The predicted octanol–water partition coefficient (Wildman–Crippen LogP) is 2.11. The highest BCUT2D eigenvalue weighted by Gasteiger charge is 2.24. The van der Waals surface area contributed by atoms with Gasteiger partial charge in [-0.05, 0) is 37.3 Å². The largest absolute Gasteiger partial charge is 0.493 e. The molecule has 1 aromatic carbocycles. The van der Waals surface area contributed by atoms with Crippen LogP contribution in [0.25, 0.3) is 0 Å². The van der Waals surface area contributed by atoms with Crippen LogP contribution in [0.15, 0.2) is 24.3 Å². The molecule has 0 unspecified atom stereocenters. The Balaban J connectivity index is 1.49. The molecule has 0 aliphatic carbocycles. The zero-order valence-electron chi connectivity index (χ0n) is 13.1. The van der Waals surface area contributed by atoms with Gasteiger partial charge in [-0.15, -0.1) is 0 Å². The van der Waals surface area contributed by atoms with E-state index in [9.17, 15) is 4.79 Å². The molecule has 2 atom stereocenters. The summed E-state index contributed by atoms with van der Waals surface area (Å²) in [6.45, 7) is 1.93. The highest BCUT2D eigenvalue weighted by Crippen LogP contribution is 2.32. The molecule has 5 heteroatoms. The number of rotatable bonds is 5. The molecule has 1 fully saturated rings. The molecule has 0 bridgehead atoms. The number of fused-ring (bicyclic) bond motifs is 1. The van der Waals surface area contributed by atoms with Crippen LogP contribution in [0.1, 0.15) is 24.3 Å². The van der Waals surface area contributed by atoms with E-state index in [-0.39, 0.29) is 5.91 Å². The van der Waals surface area contributed by atoms with Crippen LogP contribution in [-0.4, -0.2) is 55.1 Å². The zero-order valence-corrected chi connectivity index (χ0v) is 13.9. The van der Waals surface area contributed by atoms with Crippen LogP contribution in [0, 0.1) is 0 Å². The monoisotopic (exact) mass is 320 g/mol. The Morgan fingerprint density at radius 3 is 3.09 bits per heavy atom. The quantitative estimate of drug-likeness (QED) is 0.902. The second kappa shape index (κ2) is 7.38. The van der Waals surface area contributed by atoms with Crippen molar-refractivity contribution in [3.8, 4) is 5.75 Å². The molecule has 0 radical (unpaired) electrons. The topological polar surface area (TPSA) is 41.6 Å². The maximum absolute atomic E-state index is 12.2. The Morgan fingerprint density at radius 1 is 1.41 bits per heavy atom. The van der Waals surface area contributed by atoms with Crippen molar-refractivity contribution in [1.82, 2.24) is 10.2 Å². The van der Waals surface area contributed by atoms with E-state index in [1.54, 1.807) is 0 Å². The van der Waals surface area contributed by atoms with E-state index in [0.717, 1.165) is 24.5 Å². The average Bonchev–Trinajstić information content (AvgIpc) is 3.07. The van der Waals surface area contributed by atoms with Crippen LogP contribution in [0.3, 0.4) is 0 Å². The molecule has 4 nitrogen and oxygen atoms in total. The van der Waals surface area contributed by atoms with Crippen molar-refractivity contribution in [2.45, 2.75) is 24.8 Å². The van der Waals surface area contributed by atoms with Gasteiger partial charge in [0.15, 0.2) is 0 Å². The van der Waals surface area contributed by atoms with E-state index in [0.29, 0.717) is 25.0 Å². The van der Waals surface area contributed by atoms with E-state index >= 15 is 0 Å². The molecule has 1 saturated heterocycles. The molecular weight excluding hydrogens is 296 g/mol. The molecule has 22 heavy (non-hydrogen) atoms. The lowest BCUT2D eigenvalue weighted by atomic mass is 9.93. The number of carbonyl (C=O) groups excluding carboxylic acids is 1. The number of ether oxygens (including phenoxy) is 1. The van der Waals surface area contributed by atoms with Crippen molar-refractivity contribution in [3.05, 3.63) is 29.8 Å². The smallest absolute Gasteiger partial charge is 0.234 e. The van der Waals surface area contributed by atoms with Crippen molar-refractivity contribution in [2.24, 2.45) is 0 Å². The Hall–Kier alpha value is -1.20. The minimum Gasteiger partial charge on any atom is -0.493 e. The van der Waals surface area contributed by atoms with E-state index in [1.807, 2.05) is 30.0 Å². The third-order valence-corrected chi connectivity index (χ3v) is 5.70. The highest BCUT2D eigenvalue weighted by molar-refractivity contribution is 7.99. The molecule has 1 amide bonds. The number of thioether (sulfide) groups is 1. The van der Waals surface area contributed by atoms with Gasteiger partial charge in [-0.25, -0.2) is 0 Å². The number of likely N-dealkylation sites (N-methyl/N-ethyl adjacent to an activating group) is 1. The number of nitrogens with zero attached hydrogens (tertiary/aromatic N) is 1. The van der Waals surface area contributed by atoms with Gasteiger partial charge in [0.05, 0.1) is 13.2 Å². The zero-order chi connectivity index (χ0) is 15.4. The Kier molecular flexibility index (Phi) is 5.26. The lowest BCUT2D eigenvalue weighted by Gasteiger charge is -2.27. The van der Waals surface area contributed by atoms with Gasteiger partial charge in [0.1, 0.15) is 5.75 Å². The molecule has 120 valence electrons. The number of hydrogen-bond donors (Lipinski definition) is 1. The summed E-state index contributed by atoms with van der Waals surface area (Å²) in [4.78, 5) is 14.4. The summed E-state index contributed by atoms with van der Waals surface area (Å²) in [6.07, 6.45) is 2.16. The first-order valence-corrected chi connectivity index (χ1v) is 9.16. The summed E-state index contributed by atoms with van der Waals surface area (Å²) < 4.78 is 5.67. The Bertz CT molecular complexity index is 517. The second-order valence-corrected chi connectivity index (χ2v) is 7.26. The van der Waals surface area contributed by atoms with Crippen molar-refractivity contribution in [3.63, 3.8) is 0 Å². The second-order valence-electron chi connectivity index (χ2n) is 6.11. The first kappa shape index (κ1) is 15.7. The van der Waals surface area contributed by atoms with Crippen LogP contribution in [0.4, 0.5) is 0 Å². The number of hydrogen-bond acceptors (Lipinski definition) is 4. The fourth-order valence-corrected chi connectivity index (χ4v) is 4.44. The Morgan fingerprint density at radius 2 is 2.27 bits per heavy atom. The molecule has 1 aromatic rings. The lowest BCUT2D eigenvalue weighted by molar-refractivity contribution is -0.122. The van der Waals surface area contributed by atoms with Crippen LogP contribution in [0.2, 0.25) is 0 Å². The number of nitrogens with one attached hydrogen (secondary N) is 1. The maximum Gasteiger partial charge on any atom is 0.234 e. The van der Waals surface area contributed by atoms with E-state index < -0.39 is 0 Å². The third-order valence-electron chi connectivity index (χ3n) is 4.55. The van der Waals surface area contributed by atoms with Crippen molar-refractivity contribution in [1.29, 1.82) is 0 Å². The summed E-state index contributed by atoms with van der Waals surface area (Å²) in [6, 6.07) is 8.70. The number of amides is 1. The molecular formula is C17H24N2O2S. The number of benzene rings is 1. The van der Waals surface area contributed by atoms with E-state index in [2.05, 4.69) is 23.3 Å². The van der Waals surface area contributed by atoms with Gasteiger partial charge < -0.3 is 10.1 Å². The summed E-state index contributed by atoms with van der Waals surface area (Å²) in [5.41, 5.74) is 1.22. The molecule has 0 saturated carbocycles. The first-order chi connectivity index (χ1) is 10.7. The SMILES string of the molecule is CN(CC(=O)NC[C@@H]1CCOc2ccccc21)[C@H]1CCSC1. The van der Waals surface area contributed by atoms with Gasteiger partial charge in [-0.3, -0.25) is 9.69 Å². The van der Waals surface area contributed by atoms with Gasteiger partial charge in [-0.2, -0.15) is 11.8 Å². The van der Waals surface area contributed by atoms with Crippen molar-refractivity contribution >= 4 is 17.7 Å². The fraction of sp³-hybridized carbons (Fsp3) is 0.588. The molecule has 2 aliphatic heterocycles. The number of para-hydroxylation sites is 1. The van der Waals surface area contributed by atoms with Crippen molar-refractivity contribution < 1.29 is 9.53 Å². The van der Waals surface area contributed by atoms with Crippen LogP contribution >= 0.6 is 11.8 Å². The standard InChI is InChI=1S/C17H24N2O2S/c1-19(14-7-9-22-12-14)11-17(20)18-10-13-6-8-21-16-5-3-2-4-15(13)16/h2-5,13-14H,6-12H2,1H3,(H,18,20)/t13-,14-/m0/s1. The van der Waals surface area contributed by atoms with Gasteiger partial charge in [0.25, 0.3) is 0 Å². The van der Waals surface area contributed by atoms with Gasteiger partial charge in [0.2, 0.25) is 5.91 Å². The number of carbonyl (C=O) groups is 1. The summed E-state index contributed by atoms with van der Waals surface area (Å²) in [5, 5.41) is 3.10. The maximum atomic E-state index is 12.2. The molecule has 1 N–H and O–H groups in total. The molecule has 0 aromatic heterocycles. The lowest BCUT2D eigenvalue weighted by Crippen LogP contribution is -2.42. The van der Waals surface area contributed by atoms with Gasteiger partial charge >= 0.3 is 0 Å². The molecule has 0 spiro atoms. The summed E-state index contributed by atoms with van der Waals surface area (Å²) in [7, 11) is 2.06. The summed E-state index contributed by atoms with van der Waals surface area (Å²) in [5.74, 6) is 3.82. The van der Waals surface area contributed by atoms with Crippen LogP contribution in [-0.2, 0) is 4.79 Å². The molecule has 2 aliphatic rings. The summed E-state index contributed by atoms with van der Waals surface area (Å²) >= 11 is 1.98. The van der Waals surface area contributed by atoms with Crippen LogP contribution < -0.4 is 10.1 Å². The highest BCUT2D eigenvalue weighted by atomic mass is 32.2. The first-order valence-electron chi connectivity index (χ1n) is 8.00. The van der Waals surface area contributed by atoms with Crippen molar-refractivity contribution in [2.75, 3.05) is 38.2 Å².